The average molecular weight is 838 g/mol. The van der Waals surface area contributed by atoms with Gasteiger partial charge < -0.3 is 19.5 Å². The summed E-state index contributed by atoms with van der Waals surface area (Å²) < 4.78 is 10.6. The normalized spacial score (nSPS) is 27.7. The minimum Gasteiger partial charge on any atom is -0.502 e. The van der Waals surface area contributed by atoms with Gasteiger partial charge in [-0.3, -0.25) is 29.0 Å². The molecule has 0 bridgehead atoms. The molecule has 0 unspecified atom stereocenters. The van der Waals surface area contributed by atoms with Crippen molar-refractivity contribution >= 4 is 91.6 Å². The first-order chi connectivity index (χ1) is 25.8. The Morgan fingerprint density at radius 3 is 2.06 bits per heavy atom. The number of hydrogen-bond donors (Lipinski definition) is 1. The van der Waals surface area contributed by atoms with E-state index in [1.165, 1.54) is 19.1 Å². The van der Waals surface area contributed by atoms with Crippen LogP contribution in [-0.2, 0) is 19.2 Å². The molecule has 0 radical (unpaired) electrons. The number of hydrogen-bond acceptors (Lipinski definition) is 10. The van der Waals surface area contributed by atoms with Crippen LogP contribution >= 0.6 is 39.1 Å². The first-order valence-electron chi connectivity index (χ1n) is 17.1. The maximum Gasteiger partial charge on any atom is 0.254 e. The minimum atomic E-state index is -1.94. The monoisotopic (exact) mass is 835 g/mol. The summed E-state index contributed by atoms with van der Waals surface area (Å²) in [5, 5.41) is 19.1. The van der Waals surface area contributed by atoms with E-state index in [2.05, 4.69) is 26.2 Å². The number of fused-ring (bicyclic) bond motifs is 4. The summed E-state index contributed by atoms with van der Waals surface area (Å²) in [6.45, 7) is 0. The third-order valence-corrected chi connectivity index (χ3v) is 12.7. The number of benzene rings is 3. The molecule has 54 heavy (non-hydrogen) atoms. The molecule has 2 heterocycles. The summed E-state index contributed by atoms with van der Waals surface area (Å²) in [4.78, 5) is 56.6. The van der Waals surface area contributed by atoms with Crippen LogP contribution in [0.1, 0.15) is 18.4 Å². The molecular weight excluding hydrogens is 801 g/mol. The Bertz CT molecular complexity index is 2120. The van der Waals surface area contributed by atoms with Crippen LogP contribution < -0.4 is 19.3 Å². The Hall–Kier alpha value is -4.72. The zero-order valence-corrected chi connectivity index (χ0v) is 32.8. The van der Waals surface area contributed by atoms with Gasteiger partial charge in [-0.05, 0) is 85.0 Å². The number of anilines is 2. The van der Waals surface area contributed by atoms with Gasteiger partial charge in [-0.15, -0.1) is 23.2 Å². The lowest BCUT2D eigenvalue weighted by molar-refractivity contribution is -0.138. The van der Waals surface area contributed by atoms with E-state index < -0.39 is 51.1 Å². The smallest absolute Gasteiger partial charge is 0.254 e. The summed E-state index contributed by atoms with van der Waals surface area (Å²) in [5.41, 5.74) is 3.67. The van der Waals surface area contributed by atoms with Crippen molar-refractivity contribution in [2.75, 3.05) is 43.6 Å². The van der Waals surface area contributed by atoms with Crippen molar-refractivity contribution in [3.05, 3.63) is 84.0 Å². The number of carbonyl (C=O) groups is 4. The molecule has 15 heteroatoms. The lowest BCUT2D eigenvalue weighted by Crippen LogP contribution is -2.60. The summed E-state index contributed by atoms with van der Waals surface area (Å²) in [7, 11) is 6.71. The van der Waals surface area contributed by atoms with E-state index in [1.54, 1.807) is 48.6 Å². The highest BCUT2D eigenvalue weighted by Gasteiger charge is 2.75. The fourth-order valence-electron chi connectivity index (χ4n) is 8.07. The number of allylic oxidation sites excluding steroid dienone is 3. The van der Waals surface area contributed by atoms with Crippen LogP contribution in [0.15, 0.2) is 88.6 Å². The standard InChI is InChI=1S/C39H36BrCl2N5O7/c1-45(2)24-10-6-22(7-11-24)43-44-23-8-12-25(13-9-23)47-34(49)27-15-14-26-28(32(27)35(47)50)19-38(41)36(51)46(20-40)37(52)39(38,42)29(26)16-5-21-17-30(53-3)33(48)31(18-21)54-4/h5-14,16-18,27-29,32,48H,15,19-20H2,1-4H3/t27-,28+,29-,32-,38+,39-/m0/s1. The number of phenolic OH excluding ortho intramolecular Hbond substituents is 1. The fraction of sp³-hybridized carbons (Fsp3) is 0.333. The summed E-state index contributed by atoms with van der Waals surface area (Å²) >= 11 is 17.8. The predicted molar refractivity (Wildman–Crippen MR) is 208 cm³/mol. The van der Waals surface area contributed by atoms with Gasteiger partial charge in [-0.1, -0.05) is 39.7 Å². The molecule has 1 saturated carbocycles. The molecule has 2 aliphatic heterocycles. The van der Waals surface area contributed by atoms with Crippen molar-refractivity contribution in [1.82, 2.24) is 4.90 Å². The highest BCUT2D eigenvalue weighted by Crippen LogP contribution is 2.63. The number of halogens is 3. The molecule has 7 rings (SSSR count). The fourth-order valence-corrected chi connectivity index (χ4v) is 9.46. The van der Waals surface area contributed by atoms with Gasteiger partial charge in [0.05, 0.1) is 48.6 Å². The maximum atomic E-state index is 14.4. The quantitative estimate of drug-likeness (QED) is 0.0776. The number of rotatable bonds is 9. The van der Waals surface area contributed by atoms with Gasteiger partial charge in [-0.25, -0.2) is 0 Å². The first kappa shape index (κ1) is 37.6. The van der Waals surface area contributed by atoms with Crippen LogP contribution in [0.2, 0.25) is 0 Å². The Morgan fingerprint density at radius 1 is 0.907 bits per heavy atom. The van der Waals surface area contributed by atoms with Crippen molar-refractivity contribution in [2.24, 2.45) is 33.9 Å². The van der Waals surface area contributed by atoms with Gasteiger partial charge in [0.1, 0.15) is 0 Å². The molecule has 280 valence electrons. The molecule has 12 nitrogen and oxygen atoms in total. The summed E-state index contributed by atoms with van der Waals surface area (Å²) in [6.07, 6.45) is 5.29. The largest absolute Gasteiger partial charge is 0.502 e. The number of azo groups is 1. The van der Waals surface area contributed by atoms with Crippen LogP contribution in [0.5, 0.6) is 17.2 Å². The van der Waals surface area contributed by atoms with Gasteiger partial charge in [-0.2, -0.15) is 10.2 Å². The second-order valence-corrected chi connectivity index (χ2v) is 15.5. The van der Waals surface area contributed by atoms with E-state index in [4.69, 9.17) is 32.7 Å². The van der Waals surface area contributed by atoms with Crippen molar-refractivity contribution in [3.8, 4) is 17.2 Å². The van der Waals surface area contributed by atoms with E-state index in [0.29, 0.717) is 28.2 Å². The molecular formula is C39H36BrCl2N5O7. The predicted octanol–water partition coefficient (Wildman–Crippen LogP) is 7.35. The Balaban J connectivity index is 1.21. The number of nitrogens with zero attached hydrogens (tertiary/aromatic N) is 5. The lowest BCUT2D eigenvalue weighted by atomic mass is 9.57. The minimum absolute atomic E-state index is 0.129. The highest BCUT2D eigenvalue weighted by molar-refractivity contribution is 9.09. The number of imide groups is 2. The number of ether oxygens (including phenoxy) is 2. The van der Waals surface area contributed by atoms with Crippen LogP contribution in [0.4, 0.5) is 22.7 Å². The van der Waals surface area contributed by atoms with E-state index >= 15 is 0 Å². The van der Waals surface area contributed by atoms with Crippen LogP contribution in [0.3, 0.4) is 0 Å². The number of alkyl halides is 3. The Labute approximate surface area is 330 Å². The van der Waals surface area contributed by atoms with Crippen LogP contribution in [0, 0.1) is 23.7 Å². The molecule has 4 aliphatic rings. The molecule has 3 fully saturated rings. The molecule has 2 saturated heterocycles. The van der Waals surface area contributed by atoms with Gasteiger partial charge in [0.15, 0.2) is 21.2 Å². The number of carbonyl (C=O) groups excluding carboxylic acids is 4. The third kappa shape index (κ3) is 5.79. The number of aromatic hydroxyl groups is 1. The molecule has 4 amide bonds. The van der Waals surface area contributed by atoms with Crippen LogP contribution in [0.25, 0.3) is 6.08 Å². The Morgan fingerprint density at radius 2 is 1.50 bits per heavy atom. The number of likely N-dealkylation sites (tertiary alicyclic amines) is 1. The van der Waals surface area contributed by atoms with Crippen molar-refractivity contribution < 1.29 is 33.8 Å². The molecule has 0 spiro atoms. The lowest BCUT2D eigenvalue weighted by Gasteiger charge is -2.49. The number of phenols is 1. The summed E-state index contributed by atoms with van der Waals surface area (Å²) in [5.74, 6) is -5.24. The second-order valence-electron chi connectivity index (χ2n) is 13.8. The molecule has 2 aliphatic carbocycles. The first-order valence-corrected chi connectivity index (χ1v) is 19.0. The average Bonchev–Trinajstić information content (AvgIpc) is 3.51. The van der Waals surface area contributed by atoms with Crippen molar-refractivity contribution in [1.29, 1.82) is 0 Å². The molecule has 3 aromatic carbocycles. The number of methoxy groups -OCH3 is 2. The van der Waals surface area contributed by atoms with Gasteiger partial charge in [0.2, 0.25) is 17.6 Å². The second kappa shape index (κ2) is 14.2. The highest BCUT2D eigenvalue weighted by atomic mass is 79.9. The van der Waals surface area contributed by atoms with Gasteiger partial charge in [0, 0.05) is 25.7 Å². The van der Waals surface area contributed by atoms with Gasteiger partial charge in [0.25, 0.3) is 11.8 Å². The van der Waals surface area contributed by atoms with E-state index in [1.807, 2.05) is 49.3 Å². The molecule has 1 N–H and O–H groups in total. The third-order valence-electron chi connectivity index (χ3n) is 10.8. The van der Waals surface area contributed by atoms with E-state index in [-0.39, 0.29) is 41.5 Å². The molecule has 6 atom stereocenters. The van der Waals surface area contributed by atoms with Crippen LogP contribution in [-0.4, -0.2) is 77.2 Å². The maximum absolute atomic E-state index is 14.4. The zero-order chi connectivity index (χ0) is 38.7. The SMILES string of the molecule is COc1cc(C=C[C@H]2C3=CC[C@@H]4C(=O)N(c5ccc(N=Nc6ccc(N(C)C)cc6)cc5)C(=O)[C@@H]4[C@@H]3C[C@@]3(Cl)C(=O)N(CBr)C(=O)[C@@]23Cl)cc(OC)c1O. The van der Waals surface area contributed by atoms with Gasteiger partial charge >= 0.3 is 0 Å². The van der Waals surface area contributed by atoms with Crippen molar-refractivity contribution in [2.45, 2.75) is 22.6 Å². The van der Waals surface area contributed by atoms with Crippen molar-refractivity contribution in [3.63, 3.8) is 0 Å². The molecule has 3 aromatic rings. The topological polar surface area (TPSA) is 141 Å². The number of amides is 4. The molecule has 0 aromatic heterocycles. The zero-order valence-electron chi connectivity index (χ0n) is 29.7. The van der Waals surface area contributed by atoms with E-state index in [9.17, 15) is 24.3 Å². The van der Waals surface area contributed by atoms with E-state index in [0.717, 1.165) is 10.6 Å². The Kier molecular flexibility index (Phi) is 9.86. The summed E-state index contributed by atoms with van der Waals surface area (Å²) in [6, 6.07) is 17.4.